The van der Waals surface area contributed by atoms with Crippen LogP contribution in [0.15, 0.2) is 36.5 Å². The average molecular weight is 1030 g/mol. The van der Waals surface area contributed by atoms with Gasteiger partial charge in [-0.25, -0.2) is 0 Å². The highest BCUT2D eigenvalue weighted by Crippen LogP contribution is 2.39. The number of hydrogen-bond acceptors (Lipinski definition) is 19. The number of likely N-dealkylation sites (N-methyl/N-ethyl adjacent to an activating group) is 2. The van der Waals surface area contributed by atoms with Crippen LogP contribution in [0.3, 0.4) is 0 Å². The molecule has 2 aromatic rings. The molecule has 5 unspecified atom stereocenters. The normalized spacial score (nSPS) is 34.2. The zero-order chi connectivity index (χ0) is 53.6. The quantitative estimate of drug-likeness (QED) is 0.115. The van der Waals surface area contributed by atoms with E-state index in [9.17, 15) is 34.2 Å². The van der Waals surface area contributed by atoms with E-state index in [1.165, 1.54) is 14.0 Å². The van der Waals surface area contributed by atoms with Crippen molar-refractivity contribution in [3.05, 3.63) is 42.1 Å². The van der Waals surface area contributed by atoms with Gasteiger partial charge in [-0.3, -0.25) is 24.2 Å². The number of carbonyl (C=O) groups excluding carboxylic acids is 5. The van der Waals surface area contributed by atoms with Gasteiger partial charge in [-0.15, -0.1) is 0 Å². The first-order valence-electron chi connectivity index (χ1n) is 25.6. The van der Waals surface area contributed by atoms with Crippen molar-refractivity contribution in [2.45, 2.75) is 192 Å². The van der Waals surface area contributed by atoms with Gasteiger partial charge in [-0.2, -0.15) is 0 Å². The standard InChI is InChI=1S/C54H79N3O16/c1-12-43(61)69-42-28-45(63)68-39(20-16-18-36-27-37-19-14-15-22-40(37)55-30-36)21-17-24-57(10)31-41(60)32(3)26-38(23-25-58)50(51(42)65-11)72-53-48(64)47(56(8)9)49(33(4)67-53)71-46-29-54(7,73-35(6)59)52(34(5)66-46)70-44(62)13-2/h14-15,19,22,25,27,30,32-34,38-39,41-42,46-53,60,64H,12-13,17,20-21,23-24,26,28-29,31H2,1-11H3/t32-,33?,34?,38+,39+,41+,42-,46+,47?,48?,49-,50+,51+,52+,53+,54?/m1/s1. The largest absolute Gasteiger partial charge is 0.461 e. The monoisotopic (exact) mass is 1030 g/mol. The van der Waals surface area contributed by atoms with E-state index in [2.05, 4.69) is 16.8 Å². The number of aliphatic hydroxyl groups excluding tert-OH is 2. The Bertz CT molecular complexity index is 2200. The van der Waals surface area contributed by atoms with Crippen LogP contribution in [0.4, 0.5) is 0 Å². The number of aromatic nitrogens is 1. The Morgan fingerprint density at radius 2 is 1.71 bits per heavy atom. The summed E-state index contributed by atoms with van der Waals surface area (Å²) in [5.74, 6) is 2.80. The maximum atomic E-state index is 14.2. The number of ether oxygens (including phenoxy) is 9. The fourth-order valence-corrected chi connectivity index (χ4v) is 10.2. The first-order chi connectivity index (χ1) is 34.7. The molecule has 1 aromatic heterocycles. The molecule has 0 spiro atoms. The molecule has 3 aliphatic heterocycles. The van der Waals surface area contributed by atoms with Gasteiger partial charge >= 0.3 is 23.9 Å². The summed E-state index contributed by atoms with van der Waals surface area (Å²) in [6.45, 7) is 12.4. The van der Waals surface area contributed by atoms with Crippen molar-refractivity contribution in [3.63, 3.8) is 0 Å². The van der Waals surface area contributed by atoms with Gasteiger partial charge in [-0.05, 0) is 91.7 Å². The summed E-state index contributed by atoms with van der Waals surface area (Å²) in [5, 5.41) is 24.9. The van der Waals surface area contributed by atoms with Crippen LogP contribution in [-0.4, -0.2) is 182 Å². The molecule has 3 aliphatic rings. The van der Waals surface area contributed by atoms with Crippen molar-refractivity contribution >= 4 is 41.1 Å². The summed E-state index contributed by atoms with van der Waals surface area (Å²) in [6.07, 6.45) is -9.15. The summed E-state index contributed by atoms with van der Waals surface area (Å²) in [4.78, 5) is 73.1. The second-order valence-corrected chi connectivity index (χ2v) is 20.2. The van der Waals surface area contributed by atoms with Crippen molar-refractivity contribution in [1.29, 1.82) is 0 Å². The molecule has 73 heavy (non-hydrogen) atoms. The molecule has 19 nitrogen and oxygen atoms in total. The molecule has 2 N–H and O–H groups in total. The smallest absolute Gasteiger partial charge is 0.309 e. The first-order valence-corrected chi connectivity index (χ1v) is 25.6. The number of aliphatic hydroxyl groups is 2. The number of β-amino-alcohol motifs (C(OH)–C–C–N with tert-alkyl or cyclic N) is 1. The van der Waals surface area contributed by atoms with Crippen molar-refractivity contribution < 1.29 is 76.8 Å². The highest BCUT2D eigenvalue weighted by atomic mass is 16.7. The maximum absolute atomic E-state index is 14.2. The number of hydrogen-bond donors (Lipinski definition) is 2. The van der Waals surface area contributed by atoms with Gasteiger partial charge in [0.25, 0.3) is 0 Å². The molecule has 0 saturated carbocycles. The number of carbonyl (C=O) groups is 5. The van der Waals surface area contributed by atoms with E-state index < -0.39 is 127 Å². The second-order valence-electron chi connectivity index (χ2n) is 20.2. The third-order valence-electron chi connectivity index (χ3n) is 14.0. The molecule has 16 atom stereocenters. The highest BCUT2D eigenvalue weighted by Gasteiger charge is 2.54. The lowest BCUT2D eigenvalue weighted by Crippen LogP contribution is -2.66. The number of methoxy groups -OCH3 is 1. The zero-order valence-electron chi connectivity index (χ0n) is 44.4. The number of esters is 4. The van der Waals surface area contributed by atoms with Crippen molar-refractivity contribution in [2.24, 2.45) is 11.8 Å². The van der Waals surface area contributed by atoms with E-state index >= 15 is 0 Å². The van der Waals surface area contributed by atoms with Crippen LogP contribution in [0, 0.1) is 23.7 Å². The molecule has 1 aromatic carbocycles. The molecule has 0 radical (unpaired) electrons. The third kappa shape index (κ3) is 16.4. The molecular weight excluding hydrogens is 947 g/mol. The lowest BCUT2D eigenvalue weighted by Gasteiger charge is -2.50. The SMILES string of the molecule is CCC(=O)O[C@@H]1CC(=O)O[C@@H](CC#Cc2cnc3ccccc3c2)CCCN(C)C[C@H](O)[C@H](C)C[C@H](CC=O)[C@H](O[C@@H]2OC(C)[C@@H](O[C@H]3CC(C)(OC(C)=O)[C@@H](OC(=O)CC)C(C)O3)C(N(C)C)C2O)[C@H]1OC. The molecule has 4 heterocycles. The maximum Gasteiger partial charge on any atom is 0.309 e. The Labute approximate surface area is 430 Å². The van der Waals surface area contributed by atoms with E-state index in [1.54, 1.807) is 59.8 Å². The zero-order valence-corrected chi connectivity index (χ0v) is 44.4. The fourth-order valence-electron chi connectivity index (χ4n) is 10.2. The Kier molecular flexibility index (Phi) is 22.6. The van der Waals surface area contributed by atoms with Gasteiger partial charge in [0.15, 0.2) is 24.3 Å². The fraction of sp³-hybridized carbons (Fsp3) is 0.704. The number of aldehydes is 1. The van der Waals surface area contributed by atoms with Crippen LogP contribution in [-0.2, 0) is 66.6 Å². The van der Waals surface area contributed by atoms with E-state index in [4.69, 9.17) is 42.6 Å². The number of benzene rings is 1. The van der Waals surface area contributed by atoms with Crippen LogP contribution in [0.1, 0.15) is 112 Å². The van der Waals surface area contributed by atoms with E-state index in [-0.39, 0.29) is 38.5 Å². The van der Waals surface area contributed by atoms with Crippen LogP contribution in [0.25, 0.3) is 10.9 Å². The van der Waals surface area contributed by atoms with Crippen molar-refractivity contribution in [1.82, 2.24) is 14.8 Å². The summed E-state index contributed by atoms with van der Waals surface area (Å²) >= 11 is 0. The molecule has 3 saturated heterocycles. The predicted octanol–water partition coefficient (Wildman–Crippen LogP) is 4.52. The highest BCUT2D eigenvalue weighted by molar-refractivity contribution is 5.79. The minimum Gasteiger partial charge on any atom is -0.461 e. The molecule has 0 amide bonds. The van der Waals surface area contributed by atoms with Gasteiger partial charge in [0.2, 0.25) is 0 Å². The van der Waals surface area contributed by atoms with Gasteiger partial charge in [0.05, 0.1) is 42.4 Å². The van der Waals surface area contributed by atoms with E-state index in [0.29, 0.717) is 31.5 Å². The lowest BCUT2D eigenvalue weighted by atomic mass is 9.82. The third-order valence-corrected chi connectivity index (χ3v) is 14.0. The number of fused-ring (bicyclic) bond motifs is 1. The van der Waals surface area contributed by atoms with E-state index in [1.807, 2.05) is 49.2 Å². The van der Waals surface area contributed by atoms with Gasteiger partial charge < -0.3 is 67.4 Å². The Morgan fingerprint density at radius 1 is 1.00 bits per heavy atom. The van der Waals surface area contributed by atoms with Crippen LogP contribution in [0.5, 0.6) is 0 Å². The molecule has 3 fully saturated rings. The number of para-hydroxylation sites is 1. The first kappa shape index (κ1) is 59.3. The summed E-state index contributed by atoms with van der Waals surface area (Å²) < 4.78 is 56.0. The molecule has 406 valence electrons. The van der Waals surface area contributed by atoms with Crippen molar-refractivity contribution in [2.75, 3.05) is 41.3 Å². The number of cyclic esters (lactones) is 1. The average Bonchev–Trinajstić information content (AvgIpc) is 3.32. The van der Waals surface area contributed by atoms with Crippen LogP contribution >= 0.6 is 0 Å². The Balaban J connectivity index is 1.46. The number of rotatable bonds is 14. The van der Waals surface area contributed by atoms with Crippen LogP contribution < -0.4 is 0 Å². The van der Waals surface area contributed by atoms with E-state index in [0.717, 1.165) is 17.2 Å². The summed E-state index contributed by atoms with van der Waals surface area (Å²) in [5.41, 5.74) is 0.212. The predicted molar refractivity (Wildman–Crippen MR) is 266 cm³/mol. The molecule has 5 rings (SSSR count). The van der Waals surface area contributed by atoms with Crippen LogP contribution in [0.2, 0.25) is 0 Å². The molecule has 19 heteroatoms. The Hall–Kier alpha value is -4.62. The summed E-state index contributed by atoms with van der Waals surface area (Å²) in [6, 6.07) is 8.83. The van der Waals surface area contributed by atoms with Gasteiger partial charge in [-0.1, -0.05) is 50.8 Å². The second kappa shape index (κ2) is 27.8. The van der Waals surface area contributed by atoms with Crippen molar-refractivity contribution in [3.8, 4) is 11.8 Å². The Morgan fingerprint density at radius 3 is 2.38 bits per heavy atom. The minimum absolute atomic E-state index is 0.0275. The lowest BCUT2D eigenvalue weighted by molar-refractivity contribution is -0.344. The minimum atomic E-state index is -1.45. The number of nitrogens with zero attached hydrogens (tertiary/aromatic N) is 3. The topological polar surface area (TPSA) is 228 Å². The summed E-state index contributed by atoms with van der Waals surface area (Å²) in [7, 11) is 6.77. The molecular formula is C54H79N3O16. The molecule has 0 bridgehead atoms. The van der Waals surface area contributed by atoms with Gasteiger partial charge in [0.1, 0.15) is 36.8 Å². The number of pyridine rings is 1. The molecule has 0 aliphatic carbocycles. The van der Waals surface area contributed by atoms with Gasteiger partial charge in [0, 0.05) is 69.8 Å².